The van der Waals surface area contributed by atoms with E-state index in [0.29, 0.717) is 0 Å². The summed E-state index contributed by atoms with van der Waals surface area (Å²) >= 11 is 0. The van der Waals surface area contributed by atoms with Gasteiger partial charge in [-0.05, 0) is 12.5 Å². The van der Waals surface area contributed by atoms with Crippen LogP contribution in [0.3, 0.4) is 0 Å². The first-order chi connectivity index (χ1) is 6.29. The molecular formula is C11H13NO. The van der Waals surface area contributed by atoms with E-state index in [-0.39, 0.29) is 11.7 Å². The number of hydrogen-bond donors (Lipinski definition) is 1. The van der Waals surface area contributed by atoms with Gasteiger partial charge in [0.1, 0.15) is 0 Å². The molecule has 68 valence electrons. The topological polar surface area (TPSA) is 29.1 Å². The van der Waals surface area contributed by atoms with E-state index in [1.807, 2.05) is 31.2 Å². The second kappa shape index (κ2) is 3.30. The molecule has 1 aromatic rings. The van der Waals surface area contributed by atoms with Crippen LogP contribution in [0.4, 0.5) is 0 Å². The zero-order valence-corrected chi connectivity index (χ0v) is 7.71. The van der Waals surface area contributed by atoms with Gasteiger partial charge in [0.25, 0.3) is 0 Å². The standard InChI is InChI=1S/C11H13NO/c1-8-4-2-3-5-10(8)11(13)9-6-12-7-9/h2-5,9,12H,6-7H2,1H3. The van der Waals surface area contributed by atoms with Gasteiger partial charge in [-0.1, -0.05) is 24.3 Å². The fourth-order valence-corrected chi connectivity index (χ4v) is 1.54. The van der Waals surface area contributed by atoms with E-state index in [1.54, 1.807) is 0 Å². The van der Waals surface area contributed by atoms with Gasteiger partial charge in [-0.2, -0.15) is 0 Å². The Morgan fingerprint density at radius 2 is 2.08 bits per heavy atom. The minimum atomic E-state index is 0.209. The third-order valence-electron chi connectivity index (χ3n) is 2.56. The fraction of sp³-hybridized carbons (Fsp3) is 0.364. The van der Waals surface area contributed by atoms with Gasteiger partial charge < -0.3 is 5.32 Å². The van der Waals surface area contributed by atoms with Gasteiger partial charge in [0, 0.05) is 24.6 Å². The van der Waals surface area contributed by atoms with Crippen LogP contribution in [0.25, 0.3) is 0 Å². The van der Waals surface area contributed by atoms with Crippen molar-refractivity contribution in [3.05, 3.63) is 35.4 Å². The smallest absolute Gasteiger partial charge is 0.168 e. The highest BCUT2D eigenvalue weighted by Crippen LogP contribution is 2.15. The molecule has 0 unspecified atom stereocenters. The van der Waals surface area contributed by atoms with Crippen molar-refractivity contribution in [3.8, 4) is 0 Å². The Hall–Kier alpha value is -1.15. The minimum absolute atomic E-state index is 0.209. The molecule has 0 aliphatic carbocycles. The number of Topliss-reactive ketones (excluding diaryl/α,β-unsaturated/α-hetero) is 1. The van der Waals surface area contributed by atoms with Crippen LogP contribution in [0, 0.1) is 12.8 Å². The number of benzene rings is 1. The molecule has 13 heavy (non-hydrogen) atoms. The zero-order chi connectivity index (χ0) is 9.26. The number of aryl methyl sites for hydroxylation is 1. The number of carbonyl (C=O) groups is 1. The monoisotopic (exact) mass is 175 g/mol. The van der Waals surface area contributed by atoms with E-state index in [1.165, 1.54) is 0 Å². The van der Waals surface area contributed by atoms with Crippen molar-refractivity contribution in [2.75, 3.05) is 13.1 Å². The highest BCUT2D eigenvalue weighted by atomic mass is 16.1. The fourth-order valence-electron chi connectivity index (χ4n) is 1.54. The SMILES string of the molecule is Cc1ccccc1C(=O)C1CNC1. The van der Waals surface area contributed by atoms with E-state index in [9.17, 15) is 4.79 Å². The molecular weight excluding hydrogens is 162 g/mol. The summed E-state index contributed by atoms with van der Waals surface area (Å²) in [4.78, 5) is 11.8. The Labute approximate surface area is 78.0 Å². The molecule has 0 aromatic heterocycles. The number of rotatable bonds is 2. The first-order valence-electron chi connectivity index (χ1n) is 4.59. The minimum Gasteiger partial charge on any atom is -0.315 e. The maximum Gasteiger partial charge on any atom is 0.168 e. The van der Waals surface area contributed by atoms with Gasteiger partial charge >= 0.3 is 0 Å². The third-order valence-corrected chi connectivity index (χ3v) is 2.56. The molecule has 1 fully saturated rings. The van der Waals surface area contributed by atoms with Crippen LogP contribution in [0.5, 0.6) is 0 Å². The van der Waals surface area contributed by atoms with E-state index in [0.717, 1.165) is 24.2 Å². The van der Waals surface area contributed by atoms with Crippen LogP contribution >= 0.6 is 0 Å². The molecule has 1 aliphatic heterocycles. The first kappa shape index (κ1) is 8.45. The highest BCUT2D eigenvalue weighted by Gasteiger charge is 2.26. The van der Waals surface area contributed by atoms with Gasteiger partial charge in [0.05, 0.1) is 0 Å². The van der Waals surface area contributed by atoms with Crippen molar-refractivity contribution in [1.29, 1.82) is 0 Å². The second-order valence-corrected chi connectivity index (χ2v) is 3.53. The van der Waals surface area contributed by atoms with Gasteiger partial charge in [-0.25, -0.2) is 0 Å². The number of nitrogens with one attached hydrogen (secondary N) is 1. The summed E-state index contributed by atoms with van der Waals surface area (Å²) in [7, 11) is 0. The molecule has 1 saturated heterocycles. The summed E-state index contributed by atoms with van der Waals surface area (Å²) in [6.45, 7) is 3.67. The predicted molar refractivity (Wildman–Crippen MR) is 51.9 cm³/mol. The summed E-state index contributed by atoms with van der Waals surface area (Å²) in [6, 6.07) is 7.78. The molecule has 1 aliphatic rings. The third kappa shape index (κ3) is 1.49. The van der Waals surface area contributed by atoms with Crippen molar-refractivity contribution >= 4 is 5.78 Å². The lowest BCUT2D eigenvalue weighted by molar-refractivity contribution is 0.0877. The lowest BCUT2D eigenvalue weighted by Gasteiger charge is -2.26. The average molecular weight is 175 g/mol. The Kier molecular flexibility index (Phi) is 2.15. The molecule has 2 rings (SSSR count). The van der Waals surface area contributed by atoms with Gasteiger partial charge in [0.2, 0.25) is 0 Å². The summed E-state index contributed by atoms with van der Waals surface area (Å²) in [5.74, 6) is 0.498. The average Bonchev–Trinajstić information content (AvgIpc) is 2.01. The number of carbonyl (C=O) groups excluding carboxylic acids is 1. The summed E-state index contributed by atoms with van der Waals surface area (Å²) < 4.78 is 0. The Bertz CT molecular complexity index is 329. The molecule has 1 N–H and O–H groups in total. The number of hydrogen-bond acceptors (Lipinski definition) is 2. The maximum absolute atomic E-state index is 11.8. The molecule has 2 nitrogen and oxygen atoms in total. The molecule has 0 radical (unpaired) electrons. The van der Waals surface area contributed by atoms with E-state index in [4.69, 9.17) is 0 Å². The first-order valence-corrected chi connectivity index (χ1v) is 4.59. The normalized spacial score (nSPS) is 16.7. The Balaban J connectivity index is 2.24. The molecule has 2 heteroatoms. The molecule has 0 saturated carbocycles. The zero-order valence-electron chi connectivity index (χ0n) is 7.71. The molecule has 0 amide bonds. The largest absolute Gasteiger partial charge is 0.315 e. The van der Waals surface area contributed by atoms with Crippen LogP contribution in [0.1, 0.15) is 15.9 Å². The molecule has 0 atom stereocenters. The van der Waals surface area contributed by atoms with E-state index in [2.05, 4.69) is 5.32 Å². The van der Waals surface area contributed by atoms with Crippen LogP contribution in [0.15, 0.2) is 24.3 Å². The van der Waals surface area contributed by atoms with Gasteiger partial charge in [-0.15, -0.1) is 0 Å². The Morgan fingerprint density at radius 1 is 1.38 bits per heavy atom. The van der Waals surface area contributed by atoms with Crippen molar-refractivity contribution in [1.82, 2.24) is 5.32 Å². The molecule has 0 spiro atoms. The lowest BCUT2D eigenvalue weighted by Crippen LogP contribution is -2.46. The summed E-state index contributed by atoms with van der Waals surface area (Å²) in [5.41, 5.74) is 1.97. The van der Waals surface area contributed by atoms with E-state index < -0.39 is 0 Å². The predicted octanol–water partition coefficient (Wildman–Crippen LogP) is 1.40. The van der Waals surface area contributed by atoms with Gasteiger partial charge in [0.15, 0.2) is 5.78 Å². The molecule has 1 aromatic carbocycles. The molecule has 1 heterocycles. The van der Waals surface area contributed by atoms with Crippen molar-refractivity contribution in [2.24, 2.45) is 5.92 Å². The van der Waals surface area contributed by atoms with Crippen LogP contribution in [-0.4, -0.2) is 18.9 Å². The summed E-state index contributed by atoms with van der Waals surface area (Å²) in [5, 5.41) is 3.11. The molecule has 0 bridgehead atoms. The summed E-state index contributed by atoms with van der Waals surface area (Å²) in [6.07, 6.45) is 0. The van der Waals surface area contributed by atoms with Crippen molar-refractivity contribution < 1.29 is 4.79 Å². The Morgan fingerprint density at radius 3 is 2.62 bits per heavy atom. The van der Waals surface area contributed by atoms with Crippen LogP contribution in [0.2, 0.25) is 0 Å². The van der Waals surface area contributed by atoms with Crippen LogP contribution in [-0.2, 0) is 0 Å². The van der Waals surface area contributed by atoms with Crippen LogP contribution < -0.4 is 5.32 Å². The van der Waals surface area contributed by atoms with Crippen molar-refractivity contribution in [3.63, 3.8) is 0 Å². The highest BCUT2D eigenvalue weighted by molar-refractivity contribution is 5.99. The number of ketones is 1. The van der Waals surface area contributed by atoms with Gasteiger partial charge in [-0.3, -0.25) is 4.79 Å². The quantitative estimate of drug-likeness (QED) is 0.688. The van der Waals surface area contributed by atoms with E-state index >= 15 is 0 Å². The van der Waals surface area contributed by atoms with Crippen molar-refractivity contribution in [2.45, 2.75) is 6.92 Å². The maximum atomic E-state index is 11.8. The second-order valence-electron chi connectivity index (χ2n) is 3.53. The lowest BCUT2D eigenvalue weighted by atomic mass is 9.91.